The van der Waals surface area contributed by atoms with Crippen LogP contribution in [0.5, 0.6) is 11.5 Å². The average Bonchev–Trinajstić information content (AvgIpc) is 2.86. The lowest BCUT2D eigenvalue weighted by Gasteiger charge is -2.15. The van der Waals surface area contributed by atoms with Gasteiger partial charge in [-0.25, -0.2) is 19.8 Å². The molecule has 0 spiro atoms. The van der Waals surface area contributed by atoms with Crippen LogP contribution >= 0.6 is 0 Å². The van der Waals surface area contributed by atoms with Gasteiger partial charge in [-0.05, 0) is 49.6 Å². The van der Waals surface area contributed by atoms with Gasteiger partial charge in [-0.3, -0.25) is 10.0 Å². The summed E-state index contributed by atoms with van der Waals surface area (Å²) in [5.41, 5.74) is 3.55. The second-order valence-corrected chi connectivity index (χ2v) is 8.02. The van der Waals surface area contributed by atoms with Crippen molar-refractivity contribution in [1.82, 2.24) is 15.4 Å². The first-order chi connectivity index (χ1) is 17.0. The van der Waals surface area contributed by atoms with Gasteiger partial charge in [-0.15, -0.1) is 0 Å². The van der Waals surface area contributed by atoms with Gasteiger partial charge in [0.1, 0.15) is 24.6 Å². The number of unbranched alkanes of at least 4 members (excludes halogenated alkanes) is 3. The fourth-order valence-electron chi connectivity index (χ4n) is 3.46. The highest BCUT2D eigenvalue weighted by Crippen LogP contribution is 2.35. The number of carbonyl (C=O) groups is 1. The number of hydrogen-bond acceptors (Lipinski definition) is 8. The number of nitrogens with zero attached hydrogens (tertiary/aromatic N) is 2. The van der Waals surface area contributed by atoms with Gasteiger partial charge < -0.3 is 19.5 Å². The number of hydrogen-bond donors (Lipinski definition) is 3. The van der Waals surface area contributed by atoms with Crippen LogP contribution < -0.4 is 20.3 Å². The predicted molar refractivity (Wildman–Crippen MR) is 130 cm³/mol. The van der Waals surface area contributed by atoms with Crippen LogP contribution in [0, 0.1) is 12.7 Å². The molecule has 1 heterocycles. The molecule has 3 N–H and O–H groups in total. The maximum atomic E-state index is 13.7. The summed E-state index contributed by atoms with van der Waals surface area (Å²) >= 11 is 0. The Morgan fingerprint density at radius 1 is 1.00 bits per heavy atom. The van der Waals surface area contributed by atoms with Crippen LogP contribution in [0.2, 0.25) is 0 Å². The summed E-state index contributed by atoms with van der Waals surface area (Å²) < 4.78 is 30.7. The zero-order chi connectivity index (χ0) is 25.0. The number of rotatable bonds is 14. The highest BCUT2D eigenvalue weighted by atomic mass is 19.1. The molecule has 0 atom stereocenters. The fraction of sp³-hybridized carbons (Fsp3) is 0.400. The van der Waals surface area contributed by atoms with Crippen molar-refractivity contribution in [3.8, 4) is 11.5 Å². The molecule has 0 aliphatic heterocycles. The van der Waals surface area contributed by atoms with Crippen LogP contribution in [0.15, 0.2) is 36.7 Å². The number of benzene rings is 2. The summed E-state index contributed by atoms with van der Waals surface area (Å²) in [7, 11) is 1.60. The third-order valence-electron chi connectivity index (χ3n) is 5.35. The van der Waals surface area contributed by atoms with Crippen molar-refractivity contribution in [3.05, 3.63) is 48.0 Å². The molecule has 1 aromatic heterocycles. The average molecular weight is 487 g/mol. The maximum Gasteiger partial charge on any atom is 0.243 e. The van der Waals surface area contributed by atoms with Gasteiger partial charge in [-0.2, -0.15) is 0 Å². The van der Waals surface area contributed by atoms with E-state index in [1.54, 1.807) is 37.7 Å². The SMILES string of the molecule is COCCOc1cc2ncnc(Nc3ccc(F)c(C)c3)c2cc1OCCCCCCC(=O)NO. The Morgan fingerprint density at radius 3 is 2.54 bits per heavy atom. The molecule has 0 unspecified atom stereocenters. The quantitative estimate of drug-likeness (QED) is 0.171. The molecule has 0 aliphatic rings. The van der Waals surface area contributed by atoms with Gasteiger partial charge in [0.15, 0.2) is 11.5 Å². The Morgan fingerprint density at radius 2 is 1.77 bits per heavy atom. The van der Waals surface area contributed by atoms with Crippen molar-refractivity contribution in [3.63, 3.8) is 0 Å². The first-order valence-electron chi connectivity index (χ1n) is 11.5. The van der Waals surface area contributed by atoms with E-state index >= 15 is 0 Å². The molecule has 0 bridgehead atoms. The van der Waals surface area contributed by atoms with Gasteiger partial charge in [0, 0.05) is 30.7 Å². The van der Waals surface area contributed by atoms with Gasteiger partial charge in [0.05, 0.1) is 18.7 Å². The minimum atomic E-state index is -0.377. The normalized spacial score (nSPS) is 10.9. The molecule has 10 heteroatoms. The number of halogens is 1. The molecule has 0 aliphatic carbocycles. The molecule has 2 aromatic carbocycles. The minimum absolute atomic E-state index is 0.270. The second-order valence-electron chi connectivity index (χ2n) is 8.02. The number of nitrogens with one attached hydrogen (secondary N) is 2. The Balaban J connectivity index is 1.74. The number of aryl methyl sites for hydroxylation is 1. The van der Waals surface area contributed by atoms with Crippen molar-refractivity contribution in [2.45, 2.75) is 39.0 Å². The largest absolute Gasteiger partial charge is 0.490 e. The number of amides is 1. The summed E-state index contributed by atoms with van der Waals surface area (Å²) in [6, 6.07) is 8.42. The first kappa shape index (κ1) is 26.1. The van der Waals surface area contributed by atoms with E-state index in [1.165, 1.54) is 12.4 Å². The first-order valence-corrected chi connectivity index (χ1v) is 11.5. The van der Waals surface area contributed by atoms with E-state index in [9.17, 15) is 9.18 Å². The Hall–Kier alpha value is -3.50. The summed E-state index contributed by atoms with van der Waals surface area (Å²) in [4.78, 5) is 19.8. The van der Waals surface area contributed by atoms with E-state index in [1.807, 2.05) is 6.07 Å². The van der Waals surface area contributed by atoms with Gasteiger partial charge in [0.25, 0.3) is 0 Å². The van der Waals surface area contributed by atoms with Crippen molar-refractivity contribution < 1.29 is 28.6 Å². The number of hydroxylamine groups is 1. The van der Waals surface area contributed by atoms with Crippen molar-refractivity contribution in [1.29, 1.82) is 0 Å². The van der Waals surface area contributed by atoms with E-state index in [0.29, 0.717) is 66.7 Å². The van der Waals surface area contributed by atoms with Gasteiger partial charge in [-0.1, -0.05) is 12.8 Å². The molecule has 0 radical (unpaired) electrons. The van der Waals surface area contributed by atoms with Crippen molar-refractivity contribution in [2.75, 3.05) is 32.2 Å². The van der Waals surface area contributed by atoms with Crippen LogP contribution in [0.1, 0.15) is 37.7 Å². The zero-order valence-electron chi connectivity index (χ0n) is 20.0. The number of aromatic nitrogens is 2. The Bertz CT molecular complexity index is 1130. The summed E-state index contributed by atoms with van der Waals surface area (Å²) in [5, 5.41) is 12.5. The van der Waals surface area contributed by atoms with Crippen LogP contribution in [0.25, 0.3) is 10.9 Å². The lowest BCUT2D eigenvalue weighted by molar-refractivity contribution is -0.129. The van der Waals surface area contributed by atoms with Gasteiger partial charge >= 0.3 is 0 Å². The lowest BCUT2D eigenvalue weighted by Crippen LogP contribution is -2.17. The van der Waals surface area contributed by atoms with Crippen LogP contribution in [0.4, 0.5) is 15.9 Å². The molecule has 188 valence electrons. The third-order valence-corrected chi connectivity index (χ3v) is 5.35. The maximum absolute atomic E-state index is 13.7. The number of fused-ring (bicyclic) bond motifs is 1. The van der Waals surface area contributed by atoms with E-state index in [2.05, 4.69) is 15.3 Å². The monoisotopic (exact) mass is 486 g/mol. The molecule has 0 saturated heterocycles. The number of ether oxygens (including phenoxy) is 3. The van der Waals surface area contributed by atoms with E-state index in [0.717, 1.165) is 24.6 Å². The Kier molecular flexibility index (Phi) is 10.00. The molecular formula is C25H31FN4O5. The highest BCUT2D eigenvalue weighted by Gasteiger charge is 2.13. The molecular weight excluding hydrogens is 455 g/mol. The predicted octanol–water partition coefficient (Wildman–Crippen LogP) is 4.68. The summed E-state index contributed by atoms with van der Waals surface area (Å²) in [6.45, 7) is 2.96. The van der Waals surface area contributed by atoms with E-state index < -0.39 is 0 Å². The van der Waals surface area contributed by atoms with Crippen molar-refractivity contribution in [2.24, 2.45) is 0 Å². The smallest absolute Gasteiger partial charge is 0.243 e. The van der Waals surface area contributed by atoms with Crippen molar-refractivity contribution >= 4 is 28.3 Å². The third kappa shape index (κ3) is 7.76. The van der Waals surface area contributed by atoms with E-state index in [-0.39, 0.29) is 11.7 Å². The standard InChI is InChI=1S/C25H31FN4O5/c1-17-13-18(8-9-20(17)26)29-25-19-14-22(34-10-6-4-3-5-7-24(31)30-32)23(35-12-11-33-2)15-21(19)27-16-28-25/h8-9,13-16,32H,3-7,10-12H2,1-2H3,(H,30,31)(H,27,28,29). The highest BCUT2D eigenvalue weighted by molar-refractivity contribution is 5.93. The van der Waals surface area contributed by atoms with Crippen LogP contribution in [-0.4, -0.2) is 48.0 Å². The van der Waals surface area contributed by atoms with Crippen LogP contribution in [-0.2, 0) is 9.53 Å². The number of carbonyl (C=O) groups excluding carboxylic acids is 1. The Labute approximate surface area is 203 Å². The second kappa shape index (κ2) is 13.4. The molecule has 0 saturated carbocycles. The van der Waals surface area contributed by atoms with Gasteiger partial charge in [0.2, 0.25) is 5.91 Å². The van der Waals surface area contributed by atoms with Crippen LogP contribution in [0.3, 0.4) is 0 Å². The number of methoxy groups -OCH3 is 1. The molecule has 3 aromatic rings. The lowest BCUT2D eigenvalue weighted by atomic mass is 10.1. The number of anilines is 2. The molecule has 35 heavy (non-hydrogen) atoms. The summed E-state index contributed by atoms with van der Waals surface area (Å²) in [5.74, 6) is 1.03. The molecule has 0 fully saturated rings. The minimum Gasteiger partial charge on any atom is -0.490 e. The zero-order valence-corrected chi connectivity index (χ0v) is 20.0. The topological polar surface area (TPSA) is 115 Å². The molecule has 1 amide bonds. The molecule has 9 nitrogen and oxygen atoms in total. The van der Waals surface area contributed by atoms with E-state index in [4.69, 9.17) is 19.4 Å². The summed E-state index contributed by atoms with van der Waals surface area (Å²) in [6.07, 6.45) is 4.97. The fourth-order valence-corrected chi connectivity index (χ4v) is 3.46. The molecule has 3 rings (SSSR count).